The maximum Gasteiger partial charge on any atom is 0.390 e. The third-order valence-electron chi connectivity index (χ3n) is 2.25. The van der Waals surface area contributed by atoms with Crippen LogP contribution in [0.2, 0.25) is 0 Å². The van der Waals surface area contributed by atoms with Gasteiger partial charge in [0, 0.05) is 12.6 Å². The zero-order valence-electron chi connectivity index (χ0n) is 9.81. The molecule has 0 saturated carbocycles. The normalized spacial score (nSPS) is 16.5. The summed E-state index contributed by atoms with van der Waals surface area (Å²) in [6.07, 6.45) is 4.37. The highest BCUT2D eigenvalue weighted by atomic mass is 16.3. The molecule has 0 aromatic rings. The first-order valence-corrected chi connectivity index (χ1v) is 5.63. The molecule has 6 heteroatoms. The van der Waals surface area contributed by atoms with Gasteiger partial charge in [0.15, 0.2) is 0 Å². The fourth-order valence-electron chi connectivity index (χ4n) is 1.47. The Bertz CT molecular complexity index is 332. The Morgan fingerprint density at radius 2 is 2.44 bits per heavy atom. The van der Waals surface area contributed by atoms with Crippen molar-refractivity contribution < 1.29 is 4.58 Å². The Morgan fingerprint density at radius 1 is 1.62 bits per heavy atom. The molecule has 0 bridgehead atoms. The highest BCUT2D eigenvalue weighted by molar-refractivity contribution is 5.87. The van der Waals surface area contributed by atoms with E-state index >= 15 is 0 Å². The largest absolute Gasteiger partial charge is 0.390 e. The molecule has 0 spiro atoms. The smallest absolute Gasteiger partial charge is 0.292 e. The van der Waals surface area contributed by atoms with Crippen LogP contribution in [0.5, 0.6) is 0 Å². The summed E-state index contributed by atoms with van der Waals surface area (Å²) in [4.78, 5) is 10.8. The third kappa shape index (κ3) is 3.22. The van der Waals surface area contributed by atoms with Crippen molar-refractivity contribution in [3.05, 3.63) is 4.91 Å². The van der Waals surface area contributed by atoms with E-state index in [1.807, 2.05) is 13.8 Å². The van der Waals surface area contributed by atoms with Crippen molar-refractivity contribution >= 4 is 18.0 Å². The van der Waals surface area contributed by atoms with Gasteiger partial charge in [0.2, 0.25) is 5.84 Å². The van der Waals surface area contributed by atoms with E-state index < -0.39 is 0 Å². The standard InChI is InChI=1S/C10H17N5O/c1-3-7-11-10(14-16)15(4-2)9-6-5-8-12-13-9/h8H,3-7H2,1-2H3/p+1. The lowest BCUT2D eigenvalue weighted by atomic mass is 10.3. The van der Waals surface area contributed by atoms with Gasteiger partial charge in [0.25, 0.3) is 0 Å². The van der Waals surface area contributed by atoms with Gasteiger partial charge in [-0.05, 0) is 24.9 Å². The fraction of sp³-hybridized carbons (Fsp3) is 0.700. The topological polar surface area (TPSA) is 69.2 Å². The van der Waals surface area contributed by atoms with Gasteiger partial charge >= 0.3 is 5.96 Å². The van der Waals surface area contributed by atoms with E-state index in [4.69, 9.17) is 0 Å². The molecule has 1 aliphatic rings. The molecule has 0 radical (unpaired) electrons. The maximum atomic E-state index is 10.8. The number of rotatable bonds is 3. The molecule has 0 aromatic carbocycles. The predicted molar refractivity (Wildman–Crippen MR) is 65.1 cm³/mol. The van der Waals surface area contributed by atoms with E-state index in [0.717, 1.165) is 31.6 Å². The van der Waals surface area contributed by atoms with Crippen LogP contribution in [0, 0.1) is 4.91 Å². The van der Waals surface area contributed by atoms with Crippen molar-refractivity contribution in [3.63, 3.8) is 0 Å². The van der Waals surface area contributed by atoms with Crippen molar-refractivity contribution in [1.29, 1.82) is 0 Å². The van der Waals surface area contributed by atoms with Crippen LogP contribution in [0.4, 0.5) is 0 Å². The van der Waals surface area contributed by atoms with Crippen molar-refractivity contribution in [3.8, 4) is 0 Å². The summed E-state index contributed by atoms with van der Waals surface area (Å²) < 4.78 is 1.78. The van der Waals surface area contributed by atoms with E-state index in [9.17, 15) is 4.91 Å². The van der Waals surface area contributed by atoms with Crippen LogP contribution in [-0.4, -0.2) is 35.7 Å². The van der Waals surface area contributed by atoms with E-state index in [2.05, 4.69) is 20.7 Å². The lowest BCUT2D eigenvalue weighted by Gasteiger charge is -2.09. The van der Waals surface area contributed by atoms with E-state index in [1.54, 1.807) is 10.8 Å². The second-order valence-electron chi connectivity index (χ2n) is 3.44. The van der Waals surface area contributed by atoms with Crippen LogP contribution >= 0.6 is 0 Å². The van der Waals surface area contributed by atoms with Crippen molar-refractivity contribution in [2.24, 2.45) is 15.4 Å². The highest BCUT2D eigenvalue weighted by Crippen LogP contribution is 2.01. The van der Waals surface area contributed by atoms with Gasteiger partial charge in [-0.1, -0.05) is 11.8 Å². The number of amidine groups is 1. The molecule has 1 heterocycles. The van der Waals surface area contributed by atoms with Crippen molar-refractivity contribution in [1.82, 2.24) is 5.32 Å². The minimum Gasteiger partial charge on any atom is -0.292 e. The molecule has 1 rings (SSSR count). The van der Waals surface area contributed by atoms with Crippen molar-refractivity contribution in [2.75, 3.05) is 13.1 Å². The molecular formula is C10H18N5O+. The number of hydrogen-bond donors (Lipinski definition) is 1. The fourth-order valence-corrected chi connectivity index (χ4v) is 1.47. The molecular weight excluding hydrogens is 206 g/mol. The monoisotopic (exact) mass is 224 g/mol. The Morgan fingerprint density at radius 3 is 2.94 bits per heavy atom. The first kappa shape index (κ1) is 12.5. The van der Waals surface area contributed by atoms with Gasteiger partial charge in [0.1, 0.15) is 5.18 Å². The second-order valence-corrected chi connectivity index (χ2v) is 3.44. The summed E-state index contributed by atoms with van der Waals surface area (Å²) >= 11 is 0. The molecule has 0 saturated heterocycles. The Labute approximate surface area is 95.1 Å². The second kappa shape index (κ2) is 6.81. The highest BCUT2D eigenvalue weighted by Gasteiger charge is 2.18. The van der Waals surface area contributed by atoms with Gasteiger partial charge in [0.05, 0.1) is 13.1 Å². The summed E-state index contributed by atoms with van der Waals surface area (Å²) in [5.41, 5.74) is 0. The lowest BCUT2D eigenvalue weighted by molar-refractivity contribution is -0.410. The van der Waals surface area contributed by atoms with Crippen LogP contribution in [0.15, 0.2) is 15.4 Å². The molecule has 0 aliphatic carbocycles. The molecule has 0 aromatic heterocycles. The molecule has 0 atom stereocenters. The first-order valence-electron chi connectivity index (χ1n) is 5.63. The average Bonchev–Trinajstić information content (AvgIpc) is 2.35. The van der Waals surface area contributed by atoms with Crippen LogP contribution in [0.3, 0.4) is 0 Å². The lowest BCUT2D eigenvalue weighted by Crippen LogP contribution is -2.36. The number of hydrogen-bond acceptors (Lipinski definition) is 3. The first-order chi connectivity index (χ1) is 7.83. The Kier molecular flexibility index (Phi) is 5.31. The predicted octanol–water partition coefficient (Wildman–Crippen LogP) is 1.32. The molecule has 1 aliphatic heterocycles. The maximum absolute atomic E-state index is 10.8. The summed E-state index contributed by atoms with van der Waals surface area (Å²) in [6.45, 7) is 5.38. The Hall–Kier alpha value is -1.59. The minimum atomic E-state index is 0.334. The minimum absolute atomic E-state index is 0.334. The molecule has 0 amide bonds. The summed E-state index contributed by atoms with van der Waals surface area (Å²) in [5.74, 6) is 1.13. The van der Waals surface area contributed by atoms with Crippen LogP contribution in [0.1, 0.15) is 33.1 Å². The summed E-state index contributed by atoms with van der Waals surface area (Å²) in [6, 6.07) is 0. The third-order valence-corrected chi connectivity index (χ3v) is 2.25. The van der Waals surface area contributed by atoms with E-state index in [0.29, 0.717) is 12.5 Å². The van der Waals surface area contributed by atoms with Gasteiger partial charge in [-0.3, -0.25) is 5.32 Å². The SMILES string of the molecule is CCCNC(N=O)=[N+](CC)C1=NN=CCC1. The van der Waals surface area contributed by atoms with Crippen LogP contribution in [0.25, 0.3) is 0 Å². The number of nitrogens with one attached hydrogen (secondary N) is 1. The van der Waals surface area contributed by atoms with Crippen LogP contribution < -0.4 is 5.32 Å². The number of guanidine groups is 1. The quantitative estimate of drug-likeness (QED) is 0.340. The molecule has 88 valence electrons. The van der Waals surface area contributed by atoms with Gasteiger partial charge in [-0.15, -0.1) is 5.10 Å². The van der Waals surface area contributed by atoms with Gasteiger partial charge in [-0.2, -0.15) is 0 Å². The zero-order chi connectivity index (χ0) is 11.8. The number of nitroso groups, excluding NO2 is 1. The molecule has 1 N–H and O–H groups in total. The van der Waals surface area contributed by atoms with Crippen molar-refractivity contribution in [2.45, 2.75) is 33.1 Å². The Balaban J connectivity index is 2.90. The van der Waals surface area contributed by atoms with E-state index in [1.165, 1.54) is 0 Å². The molecule has 0 unspecified atom stereocenters. The molecule has 16 heavy (non-hydrogen) atoms. The zero-order valence-corrected chi connectivity index (χ0v) is 9.81. The van der Waals surface area contributed by atoms with Gasteiger partial charge < -0.3 is 0 Å². The van der Waals surface area contributed by atoms with Crippen LogP contribution in [-0.2, 0) is 0 Å². The summed E-state index contributed by atoms with van der Waals surface area (Å²) in [7, 11) is 0. The molecule has 6 nitrogen and oxygen atoms in total. The average molecular weight is 224 g/mol. The number of nitrogens with zero attached hydrogens (tertiary/aromatic N) is 4. The van der Waals surface area contributed by atoms with E-state index in [-0.39, 0.29) is 0 Å². The molecule has 0 fully saturated rings. The summed E-state index contributed by atoms with van der Waals surface area (Å²) in [5, 5.41) is 13.9. The van der Waals surface area contributed by atoms with Gasteiger partial charge in [-0.25, -0.2) is 4.58 Å².